The molecule has 2 aromatic rings. The van der Waals surface area contributed by atoms with Crippen LogP contribution in [0.4, 0.5) is 10.8 Å². The van der Waals surface area contributed by atoms with Crippen LogP contribution in [0.3, 0.4) is 0 Å². The van der Waals surface area contributed by atoms with Crippen LogP contribution in [0.2, 0.25) is 0 Å². The second kappa shape index (κ2) is 7.36. The lowest BCUT2D eigenvalue weighted by Gasteiger charge is -2.09. The molecule has 0 spiro atoms. The number of aliphatic carboxylic acids is 1. The first-order valence-corrected chi connectivity index (χ1v) is 9.13. The van der Waals surface area contributed by atoms with Gasteiger partial charge in [-0.3, -0.25) is 19.7 Å². The number of hydrogen-bond acceptors (Lipinski definition) is 6. The molecule has 0 saturated heterocycles. The highest BCUT2D eigenvalue weighted by Crippen LogP contribution is 2.58. The summed E-state index contributed by atoms with van der Waals surface area (Å²) in [4.78, 5) is 39.2. The van der Waals surface area contributed by atoms with Gasteiger partial charge in [-0.25, -0.2) is 4.98 Å². The van der Waals surface area contributed by atoms with Gasteiger partial charge in [0.05, 0.1) is 11.8 Å². The van der Waals surface area contributed by atoms with E-state index in [1.54, 1.807) is 49.7 Å². The van der Waals surface area contributed by atoms with Crippen molar-refractivity contribution >= 4 is 39.9 Å². The van der Waals surface area contributed by atoms with Crippen LogP contribution in [0.1, 0.15) is 13.8 Å². The topological polar surface area (TPSA) is 118 Å². The molecule has 1 aromatic heterocycles. The number of aromatic nitrogens is 1. The van der Waals surface area contributed by atoms with Crippen molar-refractivity contribution in [2.24, 2.45) is 17.3 Å². The standard InChI is InChI=1S/C18H19N3O5S/c1-18(2)13(14(18)16(24)25)15(23)20-10-3-5-11(6-4-10)26-9-12(22)21-17-19-7-8-27-17/h3-8,13-14H,9H2,1-2H3,(H,20,23)(H,24,25)(H,19,21,22)/t13-,14-/m0/s1. The predicted octanol–water partition coefficient (Wildman–Crippen LogP) is 2.46. The van der Waals surface area contributed by atoms with E-state index in [0.29, 0.717) is 16.6 Å². The lowest BCUT2D eigenvalue weighted by molar-refractivity contribution is -0.140. The van der Waals surface area contributed by atoms with Crippen LogP contribution < -0.4 is 15.4 Å². The normalized spacial score (nSPS) is 19.8. The van der Waals surface area contributed by atoms with E-state index in [1.165, 1.54) is 11.3 Å². The van der Waals surface area contributed by atoms with Crippen LogP contribution in [0, 0.1) is 17.3 Å². The molecule has 0 aliphatic heterocycles. The third-order valence-corrected chi connectivity index (χ3v) is 5.23. The number of thiazole rings is 1. The molecular weight excluding hydrogens is 370 g/mol. The summed E-state index contributed by atoms with van der Waals surface area (Å²) in [5.74, 6) is -2.35. The van der Waals surface area contributed by atoms with Gasteiger partial charge in [-0.2, -0.15) is 0 Å². The van der Waals surface area contributed by atoms with E-state index in [0.717, 1.165) is 0 Å². The predicted molar refractivity (Wildman–Crippen MR) is 99.7 cm³/mol. The van der Waals surface area contributed by atoms with Crippen molar-refractivity contribution in [2.75, 3.05) is 17.2 Å². The average molecular weight is 389 g/mol. The summed E-state index contributed by atoms with van der Waals surface area (Å²) in [7, 11) is 0. The van der Waals surface area contributed by atoms with Crippen molar-refractivity contribution < 1.29 is 24.2 Å². The molecule has 1 aliphatic carbocycles. The van der Waals surface area contributed by atoms with Gasteiger partial charge in [0.25, 0.3) is 5.91 Å². The Morgan fingerprint density at radius 3 is 2.44 bits per heavy atom. The van der Waals surface area contributed by atoms with Gasteiger partial charge in [0.2, 0.25) is 5.91 Å². The van der Waals surface area contributed by atoms with Gasteiger partial charge in [0, 0.05) is 17.3 Å². The maximum atomic E-state index is 12.3. The van der Waals surface area contributed by atoms with Crippen molar-refractivity contribution in [3.63, 3.8) is 0 Å². The third kappa shape index (κ3) is 4.25. The highest BCUT2D eigenvalue weighted by molar-refractivity contribution is 7.13. The number of hydrogen-bond donors (Lipinski definition) is 3. The number of amides is 2. The van der Waals surface area contributed by atoms with E-state index in [1.807, 2.05) is 0 Å². The van der Waals surface area contributed by atoms with Crippen molar-refractivity contribution in [3.05, 3.63) is 35.8 Å². The summed E-state index contributed by atoms with van der Waals surface area (Å²) in [5.41, 5.74) is -0.0181. The van der Waals surface area contributed by atoms with Crippen molar-refractivity contribution in [2.45, 2.75) is 13.8 Å². The zero-order valence-corrected chi connectivity index (χ0v) is 15.6. The second-order valence-corrected chi connectivity index (χ2v) is 7.70. The number of benzene rings is 1. The zero-order chi connectivity index (χ0) is 19.6. The summed E-state index contributed by atoms with van der Waals surface area (Å²) in [5, 5.41) is 16.8. The molecule has 1 heterocycles. The number of carbonyl (C=O) groups excluding carboxylic acids is 2. The fourth-order valence-electron chi connectivity index (χ4n) is 3.03. The molecule has 1 saturated carbocycles. The maximum Gasteiger partial charge on any atom is 0.307 e. The highest BCUT2D eigenvalue weighted by atomic mass is 32.1. The van der Waals surface area contributed by atoms with Crippen molar-refractivity contribution in [1.29, 1.82) is 0 Å². The molecular formula is C18H19N3O5S. The average Bonchev–Trinajstić information content (AvgIpc) is 2.92. The molecule has 8 nitrogen and oxygen atoms in total. The van der Waals surface area contributed by atoms with Crippen LogP contribution in [0.15, 0.2) is 35.8 Å². The molecule has 0 bridgehead atoms. The summed E-state index contributed by atoms with van der Waals surface area (Å²) in [6.07, 6.45) is 1.59. The SMILES string of the molecule is CC1(C)[C@H](C(=O)O)[C@H]1C(=O)Nc1ccc(OCC(=O)Nc2nccs2)cc1. The van der Waals surface area contributed by atoms with Gasteiger partial charge in [0.1, 0.15) is 5.75 Å². The quantitative estimate of drug-likeness (QED) is 0.670. The Balaban J connectivity index is 1.49. The largest absolute Gasteiger partial charge is 0.484 e. The Kier molecular flexibility index (Phi) is 5.13. The van der Waals surface area contributed by atoms with Crippen LogP contribution >= 0.6 is 11.3 Å². The molecule has 3 N–H and O–H groups in total. The number of ether oxygens (including phenoxy) is 1. The Morgan fingerprint density at radius 1 is 1.19 bits per heavy atom. The highest BCUT2D eigenvalue weighted by Gasteiger charge is 2.65. The van der Waals surface area contributed by atoms with Gasteiger partial charge < -0.3 is 15.2 Å². The minimum absolute atomic E-state index is 0.165. The van der Waals surface area contributed by atoms with E-state index in [2.05, 4.69) is 15.6 Å². The maximum absolute atomic E-state index is 12.3. The second-order valence-electron chi connectivity index (χ2n) is 6.80. The number of carboxylic acids is 1. The molecule has 1 aliphatic rings. The van der Waals surface area contributed by atoms with Gasteiger partial charge >= 0.3 is 5.97 Å². The summed E-state index contributed by atoms with van der Waals surface area (Å²) in [6.45, 7) is 3.37. The number of carbonyl (C=O) groups is 3. The minimum atomic E-state index is -0.958. The lowest BCUT2D eigenvalue weighted by atomic mass is 10.1. The van der Waals surface area contributed by atoms with Gasteiger partial charge in [-0.1, -0.05) is 13.8 Å². The molecule has 2 atom stereocenters. The van der Waals surface area contributed by atoms with E-state index in [4.69, 9.17) is 9.84 Å². The van der Waals surface area contributed by atoms with Gasteiger partial charge in [0.15, 0.2) is 11.7 Å². The van der Waals surface area contributed by atoms with Crippen molar-refractivity contribution in [1.82, 2.24) is 4.98 Å². The van der Waals surface area contributed by atoms with E-state index in [-0.39, 0.29) is 18.4 Å². The van der Waals surface area contributed by atoms with Crippen LogP contribution in [-0.2, 0) is 14.4 Å². The molecule has 1 aromatic carbocycles. The summed E-state index contributed by atoms with van der Waals surface area (Å²) >= 11 is 1.31. The molecule has 3 rings (SSSR count). The number of rotatable bonds is 7. The molecule has 27 heavy (non-hydrogen) atoms. The molecule has 142 valence electrons. The number of nitrogens with zero attached hydrogens (tertiary/aromatic N) is 1. The van der Waals surface area contributed by atoms with Crippen molar-refractivity contribution in [3.8, 4) is 5.75 Å². The summed E-state index contributed by atoms with van der Waals surface area (Å²) < 4.78 is 5.39. The fourth-order valence-corrected chi connectivity index (χ4v) is 3.58. The number of anilines is 2. The lowest BCUT2D eigenvalue weighted by Crippen LogP contribution is -2.20. The van der Waals surface area contributed by atoms with E-state index < -0.39 is 23.2 Å². The van der Waals surface area contributed by atoms with Gasteiger partial charge in [-0.05, 0) is 29.7 Å². The molecule has 1 fully saturated rings. The van der Waals surface area contributed by atoms with E-state index >= 15 is 0 Å². The summed E-state index contributed by atoms with van der Waals surface area (Å²) in [6, 6.07) is 6.52. The van der Waals surface area contributed by atoms with Crippen LogP contribution in [-0.4, -0.2) is 34.5 Å². The first kappa shape index (κ1) is 18.8. The molecule has 2 amide bonds. The number of nitrogens with one attached hydrogen (secondary N) is 2. The Bertz CT molecular complexity index is 848. The number of carboxylic acid groups (broad SMARTS) is 1. The monoisotopic (exact) mass is 389 g/mol. The molecule has 0 radical (unpaired) electrons. The minimum Gasteiger partial charge on any atom is -0.484 e. The Hall–Kier alpha value is -2.94. The van der Waals surface area contributed by atoms with E-state index in [9.17, 15) is 14.4 Å². The van der Waals surface area contributed by atoms with Gasteiger partial charge in [-0.15, -0.1) is 11.3 Å². The Morgan fingerprint density at radius 2 is 1.89 bits per heavy atom. The molecule has 0 unspecified atom stereocenters. The fraction of sp³-hybridized carbons (Fsp3) is 0.333. The van der Waals surface area contributed by atoms with Crippen LogP contribution in [0.5, 0.6) is 5.75 Å². The third-order valence-electron chi connectivity index (χ3n) is 4.55. The van der Waals surface area contributed by atoms with Crippen LogP contribution in [0.25, 0.3) is 0 Å². The Labute approximate surface area is 159 Å². The molecule has 9 heteroatoms. The smallest absolute Gasteiger partial charge is 0.307 e. The zero-order valence-electron chi connectivity index (χ0n) is 14.8. The first-order valence-electron chi connectivity index (χ1n) is 8.25. The first-order chi connectivity index (χ1) is 12.8.